The molecule has 4 rings (SSSR count). The highest BCUT2D eigenvalue weighted by Crippen LogP contribution is 2.49. The number of carbonyl (C=O) groups is 2. The van der Waals surface area contributed by atoms with Gasteiger partial charge in [0.25, 0.3) is 0 Å². The summed E-state index contributed by atoms with van der Waals surface area (Å²) in [4.78, 5) is 23.6. The van der Waals surface area contributed by atoms with Crippen LogP contribution in [0.3, 0.4) is 0 Å². The second kappa shape index (κ2) is 10.4. The largest absolute Gasteiger partial charge is 0.460 e. The van der Waals surface area contributed by atoms with Crippen molar-refractivity contribution in [2.45, 2.75) is 91.3 Å². The van der Waals surface area contributed by atoms with Gasteiger partial charge >= 0.3 is 11.9 Å². The Labute approximate surface area is 194 Å². The molecule has 4 atom stereocenters. The Hall–Kier alpha value is -1.14. The van der Waals surface area contributed by atoms with Crippen LogP contribution in [-0.4, -0.2) is 49.6 Å². The van der Waals surface area contributed by atoms with E-state index >= 15 is 0 Å². The van der Waals surface area contributed by atoms with E-state index in [4.69, 9.17) is 18.9 Å². The summed E-state index contributed by atoms with van der Waals surface area (Å²) in [5.41, 5.74) is -0.695. The van der Waals surface area contributed by atoms with E-state index in [-0.39, 0.29) is 35.0 Å². The average molecular weight is 453 g/mol. The highest BCUT2D eigenvalue weighted by atomic mass is 16.6. The molecule has 2 saturated carbocycles. The van der Waals surface area contributed by atoms with Crippen molar-refractivity contribution in [3.05, 3.63) is 0 Å². The van der Waals surface area contributed by atoms with Gasteiger partial charge in [0.2, 0.25) is 0 Å². The van der Waals surface area contributed by atoms with Gasteiger partial charge in [0, 0.05) is 26.4 Å². The number of hydrogen-bond acceptors (Lipinski definition) is 6. The fourth-order valence-corrected chi connectivity index (χ4v) is 5.06. The first kappa shape index (κ1) is 25.5. The molecule has 0 aromatic carbocycles. The van der Waals surface area contributed by atoms with Gasteiger partial charge in [-0.15, -0.1) is 0 Å². The molecule has 0 amide bonds. The standard InChI is InChI=1S/2C13H22O3/c2*1-13(2,3)16-12(14)11-8-10(11)9-4-6-15-7-5-9/h2*9-11H,4-8H2,1-3H3. The molecule has 6 heteroatoms. The van der Waals surface area contributed by atoms with Crippen molar-refractivity contribution in [3.8, 4) is 0 Å². The molecule has 0 N–H and O–H groups in total. The maximum absolute atomic E-state index is 11.8. The van der Waals surface area contributed by atoms with Crippen LogP contribution in [0, 0.1) is 35.5 Å². The van der Waals surface area contributed by atoms with Gasteiger partial charge in [-0.2, -0.15) is 0 Å². The van der Waals surface area contributed by atoms with Crippen LogP contribution in [0.1, 0.15) is 80.1 Å². The van der Waals surface area contributed by atoms with Crippen molar-refractivity contribution in [1.82, 2.24) is 0 Å². The Morgan fingerprint density at radius 1 is 0.625 bits per heavy atom. The lowest BCUT2D eigenvalue weighted by atomic mass is 9.93. The second-order valence-corrected chi connectivity index (χ2v) is 12.0. The first-order valence-corrected chi connectivity index (χ1v) is 12.6. The third-order valence-electron chi connectivity index (χ3n) is 6.84. The minimum Gasteiger partial charge on any atom is -0.460 e. The van der Waals surface area contributed by atoms with Crippen LogP contribution in [0.2, 0.25) is 0 Å². The SMILES string of the molecule is CC(C)(C)OC(=O)C1CC1C1CCOCC1.CC(C)(C)OC(=O)C1CC1C1CCOCC1. The molecule has 0 aromatic rings. The molecular formula is C26H44O6. The molecule has 2 aliphatic heterocycles. The number of hydrogen-bond donors (Lipinski definition) is 0. The van der Waals surface area contributed by atoms with Crippen LogP contribution in [0.25, 0.3) is 0 Å². The average Bonchev–Trinajstić information content (AvgIpc) is 3.61. The molecule has 0 spiro atoms. The monoisotopic (exact) mass is 452 g/mol. The number of esters is 2. The van der Waals surface area contributed by atoms with E-state index in [1.165, 1.54) is 0 Å². The first-order valence-electron chi connectivity index (χ1n) is 12.6. The van der Waals surface area contributed by atoms with Gasteiger partial charge in [-0.25, -0.2) is 0 Å². The van der Waals surface area contributed by atoms with E-state index < -0.39 is 0 Å². The highest BCUT2D eigenvalue weighted by Gasteiger charge is 2.50. The molecular weight excluding hydrogens is 408 g/mol. The lowest BCUT2D eigenvalue weighted by Crippen LogP contribution is -2.26. The van der Waals surface area contributed by atoms with Crippen LogP contribution in [-0.2, 0) is 28.5 Å². The molecule has 2 saturated heterocycles. The Balaban J connectivity index is 0.000000181. The summed E-state index contributed by atoms with van der Waals surface area (Å²) in [5.74, 6) is 2.85. The van der Waals surface area contributed by atoms with Crippen LogP contribution >= 0.6 is 0 Å². The normalized spacial score (nSPS) is 31.2. The zero-order valence-electron chi connectivity index (χ0n) is 21.0. The summed E-state index contributed by atoms with van der Waals surface area (Å²) in [6, 6.07) is 0. The quantitative estimate of drug-likeness (QED) is 0.572. The maximum Gasteiger partial charge on any atom is 0.309 e. The molecule has 32 heavy (non-hydrogen) atoms. The molecule has 2 heterocycles. The molecule has 0 aromatic heterocycles. The topological polar surface area (TPSA) is 71.1 Å². The number of rotatable bonds is 4. The Bertz CT molecular complexity index is 578. The predicted molar refractivity (Wildman–Crippen MR) is 122 cm³/mol. The third kappa shape index (κ3) is 8.02. The molecule has 0 bridgehead atoms. The van der Waals surface area contributed by atoms with Crippen molar-refractivity contribution < 1.29 is 28.5 Å². The maximum atomic E-state index is 11.8. The Morgan fingerprint density at radius 2 is 0.938 bits per heavy atom. The minimum atomic E-state index is -0.347. The van der Waals surface area contributed by atoms with Crippen molar-refractivity contribution in [3.63, 3.8) is 0 Å². The van der Waals surface area contributed by atoms with Crippen molar-refractivity contribution in [1.29, 1.82) is 0 Å². The first-order chi connectivity index (χ1) is 14.9. The number of ether oxygens (including phenoxy) is 4. The fraction of sp³-hybridized carbons (Fsp3) is 0.923. The zero-order valence-corrected chi connectivity index (χ0v) is 21.0. The summed E-state index contributed by atoms with van der Waals surface area (Å²) in [6.07, 6.45) is 6.51. The Morgan fingerprint density at radius 3 is 1.22 bits per heavy atom. The molecule has 2 aliphatic carbocycles. The molecule has 4 aliphatic rings. The van der Waals surface area contributed by atoms with Gasteiger partial charge < -0.3 is 18.9 Å². The van der Waals surface area contributed by atoms with Gasteiger partial charge in [-0.05, 0) is 104 Å². The van der Waals surface area contributed by atoms with E-state index in [0.717, 1.165) is 65.0 Å². The molecule has 4 unspecified atom stereocenters. The van der Waals surface area contributed by atoms with Crippen LogP contribution in [0.15, 0.2) is 0 Å². The van der Waals surface area contributed by atoms with Gasteiger partial charge in [0.05, 0.1) is 11.8 Å². The van der Waals surface area contributed by atoms with E-state index in [2.05, 4.69) is 0 Å². The highest BCUT2D eigenvalue weighted by molar-refractivity contribution is 5.76. The van der Waals surface area contributed by atoms with E-state index in [1.807, 2.05) is 41.5 Å². The van der Waals surface area contributed by atoms with Crippen molar-refractivity contribution >= 4 is 11.9 Å². The summed E-state index contributed by atoms with van der Waals surface area (Å²) >= 11 is 0. The molecule has 0 radical (unpaired) electrons. The third-order valence-corrected chi connectivity index (χ3v) is 6.84. The van der Waals surface area contributed by atoms with Gasteiger partial charge in [-0.1, -0.05) is 0 Å². The summed E-state index contributed by atoms with van der Waals surface area (Å²) < 4.78 is 21.5. The Kier molecular flexibility index (Phi) is 8.30. The molecule has 6 nitrogen and oxygen atoms in total. The van der Waals surface area contributed by atoms with E-state index in [0.29, 0.717) is 23.7 Å². The zero-order chi connectivity index (χ0) is 23.5. The second-order valence-electron chi connectivity index (χ2n) is 12.0. The lowest BCUT2D eigenvalue weighted by molar-refractivity contribution is -0.158. The van der Waals surface area contributed by atoms with Crippen LogP contribution in [0.5, 0.6) is 0 Å². The van der Waals surface area contributed by atoms with Crippen molar-refractivity contribution in [2.24, 2.45) is 35.5 Å². The summed E-state index contributed by atoms with van der Waals surface area (Å²) in [5, 5.41) is 0. The van der Waals surface area contributed by atoms with Gasteiger partial charge in [0.1, 0.15) is 11.2 Å². The van der Waals surface area contributed by atoms with E-state index in [9.17, 15) is 9.59 Å². The predicted octanol–water partition coefficient (Wildman–Crippen LogP) is 4.78. The van der Waals surface area contributed by atoms with Crippen molar-refractivity contribution in [2.75, 3.05) is 26.4 Å². The van der Waals surface area contributed by atoms with Gasteiger partial charge in [-0.3, -0.25) is 9.59 Å². The minimum absolute atomic E-state index is 0.00370. The molecule has 4 fully saturated rings. The van der Waals surface area contributed by atoms with Crippen LogP contribution in [0.4, 0.5) is 0 Å². The molecule has 184 valence electrons. The van der Waals surface area contributed by atoms with E-state index in [1.54, 1.807) is 0 Å². The summed E-state index contributed by atoms with van der Waals surface area (Å²) in [7, 11) is 0. The van der Waals surface area contributed by atoms with Crippen LogP contribution < -0.4 is 0 Å². The lowest BCUT2D eigenvalue weighted by Gasteiger charge is -2.23. The smallest absolute Gasteiger partial charge is 0.309 e. The number of carbonyl (C=O) groups excluding carboxylic acids is 2. The van der Waals surface area contributed by atoms with Gasteiger partial charge in [0.15, 0.2) is 0 Å². The fourth-order valence-electron chi connectivity index (χ4n) is 5.06. The summed E-state index contributed by atoms with van der Waals surface area (Å²) in [6.45, 7) is 15.0.